The Bertz CT molecular complexity index is 1040. The Kier molecular flexibility index (Phi) is 11.3. The molecule has 0 saturated carbocycles. The number of allylic oxidation sites excluding steroid dienone is 1. The van der Waals surface area contributed by atoms with Crippen molar-refractivity contribution < 1.29 is 18.9 Å². The smallest absolute Gasteiger partial charge is 0.151 e. The zero-order valence-electron chi connectivity index (χ0n) is 22.0. The largest absolute Gasteiger partial charge is 0.487 e. The van der Waals surface area contributed by atoms with Crippen molar-refractivity contribution in [2.24, 2.45) is 0 Å². The number of ether oxygens (including phenoxy) is 4. The summed E-state index contributed by atoms with van der Waals surface area (Å²) in [6, 6.07) is 30.8. The molecule has 1 aliphatic heterocycles. The van der Waals surface area contributed by atoms with Gasteiger partial charge in [-0.25, -0.2) is 0 Å². The minimum Gasteiger partial charge on any atom is -0.487 e. The van der Waals surface area contributed by atoms with Crippen LogP contribution < -0.4 is 0 Å². The van der Waals surface area contributed by atoms with Crippen LogP contribution in [0.15, 0.2) is 103 Å². The molecule has 0 spiro atoms. The highest BCUT2D eigenvalue weighted by molar-refractivity contribution is 5.17. The molecule has 0 N–H and O–H groups in total. The van der Waals surface area contributed by atoms with Crippen LogP contribution in [0.5, 0.6) is 0 Å². The van der Waals surface area contributed by atoms with Gasteiger partial charge in [0.05, 0.1) is 26.4 Å². The van der Waals surface area contributed by atoms with Gasteiger partial charge in [0.25, 0.3) is 0 Å². The van der Waals surface area contributed by atoms with Crippen LogP contribution in [0.25, 0.3) is 0 Å². The van der Waals surface area contributed by atoms with Crippen molar-refractivity contribution in [2.45, 2.75) is 77.2 Å². The van der Waals surface area contributed by atoms with Gasteiger partial charge in [-0.3, -0.25) is 0 Å². The fraction of sp³-hybridized carbons (Fsp3) is 0.394. The zero-order chi connectivity index (χ0) is 25.5. The van der Waals surface area contributed by atoms with E-state index in [2.05, 4.69) is 49.4 Å². The number of benzene rings is 3. The summed E-state index contributed by atoms with van der Waals surface area (Å²) in [7, 11) is 0. The van der Waals surface area contributed by atoms with E-state index >= 15 is 0 Å². The summed E-state index contributed by atoms with van der Waals surface area (Å²) in [5.74, 6) is 0.874. The topological polar surface area (TPSA) is 36.9 Å². The van der Waals surface area contributed by atoms with Gasteiger partial charge in [0.15, 0.2) is 6.10 Å². The van der Waals surface area contributed by atoms with Crippen molar-refractivity contribution in [3.05, 3.63) is 120 Å². The van der Waals surface area contributed by atoms with Crippen LogP contribution in [0.1, 0.15) is 55.7 Å². The molecule has 1 aliphatic rings. The molecule has 4 rings (SSSR count). The fourth-order valence-electron chi connectivity index (χ4n) is 4.54. The van der Waals surface area contributed by atoms with Crippen LogP contribution in [-0.2, 0) is 38.8 Å². The zero-order valence-corrected chi connectivity index (χ0v) is 22.0. The predicted molar refractivity (Wildman–Crippen MR) is 148 cm³/mol. The predicted octanol–water partition coefficient (Wildman–Crippen LogP) is 7.63. The Morgan fingerprint density at radius 2 is 1.24 bits per heavy atom. The SMILES string of the molecule is CCCCCCC=C1OC(COCc2ccccc2)C(OCc2ccccc2)[C@H]1OCc1ccccc1. The Morgan fingerprint density at radius 3 is 1.84 bits per heavy atom. The fourth-order valence-corrected chi connectivity index (χ4v) is 4.54. The monoisotopic (exact) mass is 500 g/mol. The number of hydrogen-bond donors (Lipinski definition) is 0. The first-order chi connectivity index (χ1) is 18.3. The molecular formula is C33H40O4. The molecule has 1 heterocycles. The van der Waals surface area contributed by atoms with Gasteiger partial charge >= 0.3 is 0 Å². The maximum Gasteiger partial charge on any atom is 0.151 e. The van der Waals surface area contributed by atoms with Crippen molar-refractivity contribution in [3.8, 4) is 0 Å². The lowest BCUT2D eigenvalue weighted by atomic mass is 10.1. The maximum atomic E-state index is 6.51. The van der Waals surface area contributed by atoms with Gasteiger partial charge in [0.1, 0.15) is 18.0 Å². The van der Waals surface area contributed by atoms with Crippen LogP contribution >= 0.6 is 0 Å². The number of unbranched alkanes of at least 4 members (excludes halogenated alkanes) is 4. The van der Waals surface area contributed by atoms with E-state index in [0.717, 1.165) is 35.3 Å². The van der Waals surface area contributed by atoms with E-state index < -0.39 is 0 Å². The summed E-state index contributed by atoms with van der Waals surface area (Å²) in [5.41, 5.74) is 3.41. The average molecular weight is 501 g/mol. The molecule has 4 heteroatoms. The molecule has 1 saturated heterocycles. The van der Waals surface area contributed by atoms with Gasteiger partial charge in [-0.05, 0) is 35.6 Å². The van der Waals surface area contributed by atoms with Crippen LogP contribution in [0, 0.1) is 0 Å². The van der Waals surface area contributed by atoms with E-state index in [0.29, 0.717) is 26.4 Å². The lowest BCUT2D eigenvalue weighted by Crippen LogP contribution is -2.37. The standard InChI is InChI=1S/C33H40O4/c1-2-3-4-5-15-22-30-32(35-24-28-18-11-7-12-19-28)33(36-25-29-20-13-8-14-21-29)31(37-30)26-34-23-27-16-9-6-10-17-27/h6-14,16-22,31-33H,2-5,15,23-26H2,1H3/t31?,32-,33?/m0/s1. The first-order valence-electron chi connectivity index (χ1n) is 13.6. The van der Waals surface area contributed by atoms with Gasteiger partial charge < -0.3 is 18.9 Å². The Balaban J connectivity index is 1.47. The van der Waals surface area contributed by atoms with E-state index in [1.54, 1.807) is 0 Å². The Labute approximate surface area is 222 Å². The first kappa shape index (κ1) is 27.1. The van der Waals surface area contributed by atoms with E-state index in [4.69, 9.17) is 18.9 Å². The van der Waals surface area contributed by atoms with Gasteiger partial charge in [-0.2, -0.15) is 0 Å². The Morgan fingerprint density at radius 1 is 0.676 bits per heavy atom. The van der Waals surface area contributed by atoms with Crippen molar-refractivity contribution >= 4 is 0 Å². The summed E-state index contributed by atoms with van der Waals surface area (Å²) >= 11 is 0. The Hall–Kier alpha value is -2.92. The second kappa shape index (κ2) is 15.4. The van der Waals surface area contributed by atoms with Crippen LogP contribution in [0.3, 0.4) is 0 Å². The lowest BCUT2D eigenvalue weighted by molar-refractivity contribution is -0.0894. The summed E-state index contributed by atoms with van der Waals surface area (Å²) < 4.78 is 25.6. The molecule has 0 aromatic heterocycles. The highest BCUT2D eigenvalue weighted by atomic mass is 16.6. The highest BCUT2D eigenvalue weighted by Gasteiger charge is 2.43. The molecule has 0 radical (unpaired) electrons. The molecule has 37 heavy (non-hydrogen) atoms. The summed E-state index contributed by atoms with van der Waals surface area (Å²) in [6.07, 6.45) is 7.27. The molecule has 0 bridgehead atoms. The molecule has 2 unspecified atom stereocenters. The highest BCUT2D eigenvalue weighted by Crippen LogP contribution is 2.32. The third-order valence-corrected chi connectivity index (χ3v) is 6.59. The van der Waals surface area contributed by atoms with Gasteiger partial charge in [0.2, 0.25) is 0 Å². The molecule has 0 amide bonds. The summed E-state index contributed by atoms with van der Waals surface area (Å²) in [5, 5.41) is 0. The quantitative estimate of drug-likeness (QED) is 0.201. The van der Waals surface area contributed by atoms with Gasteiger partial charge in [-0.15, -0.1) is 0 Å². The van der Waals surface area contributed by atoms with E-state index in [1.165, 1.54) is 19.3 Å². The summed E-state index contributed by atoms with van der Waals surface area (Å²) in [4.78, 5) is 0. The lowest BCUT2D eigenvalue weighted by Gasteiger charge is -2.23. The molecule has 4 nitrogen and oxygen atoms in total. The first-order valence-corrected chi connectivity index (χ1v) is 13.6. The molecule has 1 fully saturated rings. The molecule has 3 aromatic rings. The van der Waals surface area contributed by atoms with Crippen molar-refractivity contribution in [2.75, 3.05) is 6.61 Å². The van der Waals surface area contributed by atoms with Crippen molar-refractivity contribution in [1.29, 1.82) is 0 Å². The van der Waals surface area contributed by atoms with E-state index in [9.17, 15) is 0 Å². The minimum atomic E-state index is -0.277. The molecule has 0 aliphatic carbocycles. The number of hydrogen-bond acceptors (Lipinski definition) is 4. The van der Waals surface area contributed by atoms with Crippen LogP contribution in [-0.4, -0.2) is 24.9 Å². The van der Waals surface area contributed by atoms with Crippen molar-refractivity contribution in [3.63, 3.8) is 0 Å². The number of rotatable bonds is 15. The minimum absolute atomic E-state index is 0.241. The van der Waals surface area contributed by atoms with Gasteiger partial charge in [-0.1, -0.05) is 117 Å². The maximum absolute atomic E-state index is 6.51. The second-order valence-electron chi connectivity index (χ2n) is 9.59. The molecule has 3 atom stereocenters. The average Bonchev–Trinajstić information content (AvgIpc) is 3.28. The van der Waals surface area contributed by atoms with E-state index in [1.807, 2.05) is 54.6 Å². The molecular weight excluding hydrogens is 460 g/mol. The van der Waals surface area contributed by atoms with E-state index in [-0.39, 0.29) is 18.3 Å². The third-order valence-electron chi connectivity index (χ3n) is 6.59. The third kappa shape index (κ3) is 8.85. The van der Waals surface area contributed by atoms with Crippen LogP contribution in [0.4, 0.5) is 0 Å². The summed E-state index contributed by atoms with van der Waals surface area (Å²) in [6.45, 7) is 4.22. The van der Waals surface area contributed by atoms with Gasteiger partial charge in [0, 0.05) is 0 Å². The van der Waals surface area contributed by atoms with Crippen LogP contribution in [0.2, 0.25) is 0 Å². The molecule has 3 aromatic carbocycles. The normalized spacial score (nSPS) is 20.2. The van der Waals surface area contributed by atoms with Crippen molar-refractivity contribution in [1.82, 2.24) is 0 Å². The second-order valence-corrected chi connectivity index (χ2v) is 9.59. The molecule has 196 valence electrons.